The molecule has 0 spiro atoms. The molecule has 0 bridgehead atoms. The van der Waals surface area contributed by atoms with Gasteiger partial charge in [-0.05, 0) is 25.0 Å². The number of anilines is 1. The second-order valence-electron chi connectivity index (χ2n) is 6.64. The summed E-state index contributed by atoms with van der Waals surface area (Å²) in [7, 11) is 3.09. The van der Waals surface area contributed by atoms with Crippen molar-refractivity contribution in [1.29, 1.82) is 0 Å². The first-order valence-corrected chi connectivity index (χ1v) is 10.0. The van der Waals surface area contributed by atoms with Crippen LogP contribution in [0, 0.1) is 0 Å². The number of benzene rings is 1. The quantitative estimate of drug-likeness (QED) is 0.778. The summed E-state index contributed by atoms with van der Waals surface area (Å²) < 4.78 is 10.4. The van der Waals surface area contributed by atoms with Crippen LogP contribution in [0.1, 0.15) is 38.5 Å². The van der Waals surface area contributed by atoms with Gasteiger partial charge in [-0.25, -0.2) is 0 Å². The molecular weight excluding hydrogens is 366 g/mol. The molecule has 1 atom stereocenters. The van der Waals surface area contributed by atoms with Gasteiger partial charge in [-0.2, -0.15) is 0 Å². The van der Waals surface area contributed by atoms with Crippen molar-refractivity contribution in [1.82, 2.24) is 5.32 Å². The number of carbonyl (C=O) groups excluding carboxylic acids is 2. The van der Waals surface area contributed by atoms with Crippen molar-refractivity contribution in [2.24, 2.45) is 4.99 Å². The van der Waals surface area contributed by atoms with E-state index in [-0.39, 0.29) is 18.2 Å². The van der Waals surface area contributed by atoms with Gasteiger partial charge in [0.05, 0.1) is 20.3 Å². The summed E-state index contributed by atoms with van der Waals surface area (Å²) >= 11 is 1.35. The van der Waals surface area contributed by atoms with Crippen LogP contribution in [-0.2, 0) is 9.59 Å². The number of hydrogen-bond acceptors (Lipinski definition) is 6. The molecule has 1 heterocycles. The molecular formula is C19H25N3O4S. The minimum Gasteiger partial charge on any atom is -0.493 e. The summed E-state index contributed by atoms with van der Waals surface area (Å²) in [6.07, 6.45) is 5.89. The summed E-state index contributed by atoms with van der Waals surface area (Å²) in [6, 6.07) is 5.44. The van der Waals surface area contributed by atoms with Gasteiger partial charge in [0, 0.05) is 18.2 Å². The van der Waals surface area contributed by atoms with Gasteiger partial charge >= 0.3 is 0 Å². The fraction of sp³-hybridized carbons (Fsp3) is 0.526. The average molecular weight is 391 g/mol. The Hall–Kier alpha value is -2.22. The zero-order valence-electron chi connectivity index (χ0n) is 15.6. The van der Waals surface area contributed by atoms with Crippen molar-refractivity contribution >= 4 is 34.4 Å². The molecule has 0 radical (unpaired) electrons. The number of rotatable bonds is 6. The molecule has 1 aliphatic heterocycles. The Bertz CT molecular complexity index is 732. The van der Waals surface area contributed by atoms with Crippen LogP contribution < -0.4 is 20.1 Å². The minimum absolute atomic E-state index is 0.0918. The maximum absolute atomic E-state index is 12.3. The van der Waals surface area contributed by atoms with E-state index in [2.05, 4.69) is 15.6 Å². The number of nitrogens with one attached hydrogen (secondary N) is 2. The first kappa shape index (κ1) is 19.5. The largest absolute Gasteiger partial charge is 0.493 e. The van der Waals surface area contributed by atoms with E-state index in [1.54, 1.807) is 25.3 Å². The van der Waals surface area contributed by atoms with Gasteiger partial charge in [-0.3, -0.25) is 14.6 Å². The number of aliphatic imine (C=N–C) groups is 1. The fourth-order valence-electron chi connectivity index (χ4n) is 3.27. The lowest BCUT2D eigenvalue weighted by atomic mass is 9.96. The van der Waals surface area contributed by atoms with E-state index in [1.807, 2.05) is 0 Å². The normalized spacial score (nSPS) is 21.8. The number of amides is 2. The maximum atomic E-state index is 12.3. The third-order valence-electron chi connectivity index (χ3n) is 4.69. The van der Waals surface area contributed by atoms with Crippen LogP contribution >= 0.6 is 11.8 Å². The molecule has 2 N–H and O–H groups in total. The Morgan fingerprint density at radius 3 is 2.67 bits per heavy atom. The minimum atomic E-state index is -0.451. The van der Waals surface area contributed by atoms with Crippen LogP contribution in [-0.4, -0.2) is 42.5 Å². The highest BCUT2D eigenvalue weighted by Gasteiger charge is 2.32. The third kappa shape index (κ3) is 5.15. The number of carbonyl (C=O) groups is 2. The van der Waals surface area contributed by atoms with Crippen molar-refractivity contribution < 1.29 is 19.1 Å². The molecule has 1 aliphatic carbocycles. The van der Waals surface area contributed by atoms with E-state index < -0.39 is 5.25 Å². The first-order valence-electron chi connectivity index (χ1n) is 9.16. The molecule has 2 amide bonds. The van der Waals surface area contributed by atoms with Crippen molar-refractivity contribution in [2.45, 2.75) is 49.8 Å². The predicted octanol–water partition coefficient (Wildman–Crippen LogP) is 2.95. The zero-order chi connectivity index (χ0) is 19.2. The molecule has 1 saturated heterocycles. The van der Waals surface area contributed by atoms with Crippen LogP contribution in [0.4, 0.5) is 5.69 Å². The molecule has 8 heteroatoms. The van der Waals surface area contributed by atoms with Crippen LogP contribution in [0.25, 0.3) is 0 Å². The van der Waals surface area contributed by atoms with Gasteiger partial charge in [-0.15, -0.1) is 0 Å². The van der Waals surface area contributed by atoms with Crippen molar-refractivity contribution in [3.63, 3.8) is 0 Å². The Balaban J connectivity index is 1.56. The fourth-order valence-corrected chi connectivity index (χ4v) is 4.31. The Kier molecular flexibility index (Phi) is 6.60. The molecule has 146 valence electrons. The molecule has 3 rings (SSSR count). The van der Waals surface area contributed by atoms with E-state index in [0.29, 0.717) is 28.4 Å². The molecule has 0 aromatic heterocycles. The third-order valence-corrected chi connectivity index (χ3v) is 5.79. The lowest BCUT2D eigenvalue weighted by Crippen LogP contribution is -2.28. The van der Waals surface area contributed by atoms with E-state index in [4.69, 9.17) is 9.47 Å². The van der Waals surface area contributed by atoms with E-state index >= 15 is 0 Å². The molecule has 7 nitrogen and oxygen atoms in total. The Morgan fingerprint density at radius 1 is 1.22 bits per heavy atom. The van der Waals surface area contributed by atoms with Crippen LogP contribution in [0.5, 0.6) is 11.5 Å². The van der Waals surface area contributed by atoms with Crippen molar-refractivity contribution in [3.05, 3.63) is 18.2 Å². The number of methoxy groups -OCH3 is 2. The monoisotopic (exact) mass is 391 g/mol. The SMILES string of the molecule is COc1ccc(NC(=O)C[C@H]2SC(=NC3CCCCC3)NC2=O)cc1OC. The topological polar surface area (TPSA) is 89.0 Å². The van der Waals surface area contributed by atoms with Gasteiger partial charge in [0.2, 0.25) is 11.8 Å². The highest BCUT2D eigenvalue weighted by molar-refractivity contribution is 8.15. The molecule has 2 aliphatic rings. The Labute approximate surface area is 163 Å². The standard InChI is InChI=1S/C19H25N3O4S/c1-25-14-9-8-13(10-15(14)26-2)20-17(23)11-16-18(24)22-19(27-16)21-12-6-4-3-5-7-12/h8-10,12,16H,3-7,11H2,1-2H3,(H,20,23)(H,21,22,24)/t16-/m1/s1. The highest BCUT2D eigenvalue weighted by atomic mass is 32.2. The predicted molar refractivity (Wildman–Crippen MR) is 107 cm³/mol. The first-order chi connectivity index (χ1) is 13.1. The number of amidine groups is 1. The van der Waals surface area contributed by atoms with Gasteiger partial charge in [0.1, 0.15) is 5.25 Å². The van der Waals surface area contributed by atoms with Gasteiger partial charge < -0.3 is 20.1 Å². The summed E-state index contributed by atoms with van der Waals surface area (Å²) in [5, 5.41) is 5.81. The van der Waals surface area contributed by atoms with Crippen LogP contribution in [0.15, 0.2) is 23.2 Å². The second-order valence-corrected chi connectivity index (χ2v) is 7.84. The van der Waals surface area contributed by atoms with Crippen LogP contribution in [0.3, 0.4) is 0 Å². The second kappa shape index (κ2) is 9.12. The van der Waals surface area contributed by atoms with E-state index in [0.717, 1.165) is 12.8 Å². The summed E-state index contributed by atoms with van der Waals surface area (Å²) in [4.78, 5) is 29.2. The van der Waals surface area contributed by atoms with E-state index in [1.165, 1.54) is 38.1 Å². The van der Waals surface area contributed by atoms with E-state index in [9.17, 15) is 9.59 Å². The molecule has 2 fully saturated rings. The van der Waals surface area contributed by atoms with Gasteiger partial charge in [0.15, 0.2) is 16.7 Å². The molecule has 1 aromatic carbocycles. The number of thioether (sulfide) groups is 1. The molecule has 1 aromatic rings. The summed E-state index contributed by atoms with van der Waals surface area (Å²) in [6.45, 7) is 0. The number of ether oxygens (including phenoxy) is 2. The maximum Gasteiger partial charge on any atom is 0.240 e. The number of nitrogens with zero attached hydrogens (tertiary/aromatic N) is 1. The van der Waals surface area contributed by atoms with Gasteiger partial charge in [-0.1, -0.05) is 31.0 Å². The lowest BCUT2D eigenvalue weighted by molar-refractivity contribution is -0.122. The van der Waals surface area contributed by atoms with Crippen LogP contribution in [0.2, 0.25) is 0 Å². The molecule has 0 unspecified atom stereocenters. The lowest BCUT2D eigenvalue weighted by Gasteiger charge is -2.17. The zero-order valence-corrected chi connectivity index (χ0v) is 16.4. The summed E-state index contributed by atoms with van der Waals surface area (Å²) in [5.74, 6) is 0.737. The Morgan fingerprint density at radius 2 is 1.96 bits per heavy atom. The number of hydrogen-bond donors (Lipinski definition) is 2. The smallest absolute Gasteiger partial charge is 0.240 e. The molecule has 1 saturated carbocycles. The average Bonchev–Trinajstić information content (AvgIpc) is 3.01. The van der Waals surface area contributed by atoms with Crippen molar-refractivity contribution in [2.75, 3.05) is 19.5 Å². The van der Waals surface area contributed by atoms with Gasteiger partial charge in [0.25, 0.3) is 0 Å². The van der Waals surface area contributed by atoms with Crippen molar-refractivity contribution in [3.8, 4) is 11.5 Å². The highest BCUT2D eigenvalue weighted by Crippen LogP contribution is 2.30. The summed E-state index contributed by atoms with van der Waals surface area (Å²) in [5.41, 5.74) is 0.595. The molecule has 27 heavy (non-hydrogen) atoms.